The van der Waals surface area contributed by atoms with Crippen molar-refractivity contribution in [3.63, 3.8) is 0 Å². The van der Waals surface area contributed by atoms with Crippen LogP contribution < -0.4 is 4.74 Å². The van der Waals surface area contributed by atoms with E-state index in [9.17, 15) is 4.79 Å². The molecule has 2 fully saturated rings. The third-order valence-electron chi connectivity index (χ3n) is 4.84. The number of rotatable bonds is 3. The van der Waals surface area contributed by atoms with Crippen LogP contribution in [0.4, 0.5) is 0 Å². The van der Waals surface area contributed by atoms with E-state index in [2.05, 4.69) is 9.97 Å². The molecule has 25 heavy (non-hydrogen) atoms. The van der Waals surface area contributed by atoms with Crippen LogP contribution in [0.2, 0.25) is 0 Å². The molecule has 1 aliphatic carbocycles. The van der Waals surface area contributed by atoms with Crippen LogP contribution in [0, 0.1) is 6.92 Å². The number of aryl methyl sites for hydroxylation is 1. The second-order valence-electron chi connectivity index (χ2n) is 6.57. The number of amides is 1. The van der Waals surface area contributed by atoms with Crippen LogP contribution in [0.5, 0.6) is 5.75 Å². The highest BCUT2D eigenvalue weighted by Gasteiger charge is 2.45. The number of hydrogen-bond acceptors (Lipinski definition) is 5. The van der Waals surface area contributed by atoms with Crippen molar-refractivity contribution in [2.45, 2.75) is 38.0 Å². The van der Waals surface area contributed by atoms with Gasteiger partial charge in [-0.1, -0.05) is 0 Å². The van der Waals surface area contributed by atoms with Crippen molar-refractivity contribution in [1.82, 2.24) is 14.9 Å². The first-order valence-corrected chi connectivity index (χ1v) is 8.63. The largest absolute Gasteiger partial charge is 0.486 e. The van der Waals surface area contributed by atoms with Crippen molar-refractivity contribution >= 4 is 5.91 Å². The molecule has 0 spiro atoms. The van der Waals surface area contributed by atoms with Crippen LogP contribution >= 0.6 is 0 Å². The van der Waals surface area contributed by atoms with Crippen molar-refractivity contribution in [2.75, 3.05) is 13.2 Å². The molecule has 0 aromatic carbocycles. The van der Waals surface area contributed by atoms with Gasteiger partial charge < -0.3 is 14.4 Å². The zero-order chi connectivity index (χ0) is 17.2. The summed E-state index contributed by atoms with van der Waals surface area (Å²) in [6.45, 7) is 3.08. The maximum absolute atomic E-state index is 12.9. The van der Waals surface area contributed by atoms with E-state index in [1.807, 2.05) is 30.0 Å². The molecule has 2 aromatic heterocycles. The Balaban J connectivity index is 1.50. The Morgan fingerprint density at radius 2 is 2.20 bits per heavy atom. The Hall–Kier alpha value is -2.47. The summed E-state index contributed by atoms with van der Waals surface area (Å²) < 4.78 is 12.0. The number of carbonyl (C=O) groups excluding carboxylic acids is 1. The monoisotopic (exact) mass is 339 g/mol. The van der Waals surface area contributed by atoms with E-state index in [-0.39, 0.29) is 24.2 Å². The molecule has 6 nitrogen and oxygen atoms in total. The lowest BCUT2D eigenvalue weighted by Crippen LogP contribution is -2.54. The second-order valence-corrected chi connectivity index (χ2v) is 6.57. The fourth-order valence-electron chi connectivity index (χ4n) is 3.72. The molecule has 2 aromatic rings. The smallest absolute Gasteiger partial charge is 0.255 e. The number of nitrogens with zero attached hydrogens (tertiary/aromatic N) is 3. The van der Waals surface area contributed by atoms with E-state index in [4.69, 9.17) is 9.47 Å². The molecule has 0 radical (unpaired) electrons. The van der Waals surface area contributed by atoms with Crippen LogP contribution in [0.3, 0.4) is 0 Å². The number of hydrogen-bond donors (Lipinski definition) is 0. The van der Waals surface area contributed by atoms with Gasteiger partial charge in [0.15, 0.2) is 0 Å². The first-order valence-electron chi connectivity index (χ1n) is 8.63. The van der Waals surface area contributed by atoms with Gasteiger partial charge in [0.1, 0.15) is 18.0 Å². The van der Waals surface area contributed by atoms with Gasteiger partial charge >= 0.3 is 0 Å². The van der Waals surface area contributed by atoms with Crippen molar-refractivity contribution < 1.29 is 14.3 Å². The van der Waals surface area contributed by atoms with E-state index in [1.165, 1.54) is 0 Å². The van der Waals surface area contributed by atoms with Crippen molar-refractivity contribution in [3.05, 3.63) is 54.1 Å². The molecule has 0 N–H and O–H groups in total. The molecular formula is C19H21N3O3. The van der Waals surface area contributed by atoms with E-state index < -0.39 is 0 Å². The lowest BCUT2D eigenvalue weighted by molar-refractivity contribution is -0.0786. The van der Waals surface area contributed by atoms with Gasteiger partial charge in [-0.3, -0.25) is 14.8 Å². The van der Waals surface area contributed by atoms with Crippen LogP contribution in [0.1, 0.15) is 28.8 Å². The molecule has 1 saturated heterocycles. The minimum Gasteiger partial charge on any atom is -0.486 e. The quantitative estimate of drug-likeness (QED) is 0.858. The topological polar surface area (TPSA) is 64.6 Å². The molecule has 0 bridgehead atoms. The highest BCUT2D eigenvalue weighted by Crippen LogP contribution is 2.33. The van der Waals surface area contributed by atoms with Crippen molar-refractivity contribution in [1.29, 1.82) is 0 Å². The van der Waals surface area contributed by atoms with Gasteiger partial charge in [0.05, 0.1) is 24.4 Å². The minimum atomic E-state index is -0.101. The summed E-state index contributed by atoms with van der Waals surface area (Å²) in [6.07, 6.45) is 8.40. The predicted molar refractivity (Wildman–Crippen MR) is 91.4 cm³/mol. The third-order valence-corrected chi connectivity index (χ3v) is 4.84. The lowest BCUT2D eigenvalue weighted by Gasteiger charge is -2.39. The van der Waals surface area contributed by atoms with Crippen LogP contribution in [-0.2, 0) is 4.74 Å². The standard InChI is InChI=1S/C19H21N3O3/c1-13-9-14(11-21-10-13)19(23)22-7-8-24-18-16(22)4-5-17(18)25-15-3-2-6-20-12-15/h2-3,6,9-12,16-18H,4-5,7-8H2,1H3/t16-,17-,18+/m1/s1. The Morgan fingerprint density at radius 1 is 1.28 bits per heavy atom. The number of carbonyl (C=O) groups is 1. The van der Waals surface area contributed by atoms with Gasteiger partial charge in [-0.25, -0.2) is 0 Å². The van der Waals surface area contributed by atoms with E-state index in [1.54, 1.807) is 24.8 Å². The highest BCUT2D eigenvalue weighted by molar-refractivity contribution is 5.94. The van der Waals surface area contributed by atoms with Crippen LogP contribution in [0.15, 0.2) is 43.0 Å². The fourth-order valence-corrected chi connectivity index (χ4v) is 3.72. The molecule has 6 heteroatoms. The minimum absolute atomic E-state index is 0.0246. The summed E-state index contributed by atoms with van der Waals surface area (Å²) in [5.41, 5.74) is 1.62. The van der Waals surface area contributed by atoms with Gasteiger partial charge in [0.25, 0.3) is 5.91 Å². The first kappa shape index (κ1) is 16.0. The van der Waals surface area contributed by atoms with Crippen molar-refractivity contribution in [3.8, 4) is 5.75 Å². The van der Waals surface area contributed by atoms with Gasteiger partial charge in [0, 0.05) is 25.1 Å². The summed E-state index contributed by atoms with van der Waals surface area (Å²) >= 11 is 0. The SMILES string of the molecule is Cc1cncc(C(=O)N2CCO[C@H]3[C@H]2CC[C@H]3Oc2cccnc2)c1. The summed E-state index contributed by atoms with van der Waals surface area (Å²) in [5, 5.41) is 0. The van der Waals surface area contributed by atoms with E-state index in [0.29, 0.717) is 18.7 Å². The fraction of sp³-hybridized carbons (Fsp3) is 0.421. The number of ether oxygens (including phenoxy) is 2. The lowest BCUT2D eigenvalue weighted by atomic mass is 10.1. The predicted octanol–water partition coefficient (Wildman–Crippen LogP) is 2.24. The molecule has 130 valence electrons. The number of fused-ring (bicyclic) bond motifs is 1. The average molecular weight is 339 g/mol. The van der Waals surface area contributed by atoms with Gasteiger partial charge in [0.2, 0.25) is 0 Å². The molecule has 0 unspecified atom stereocenters. The normalized spacial score (nSPS) is 25.5. The molecule has 4 rings (SSSR count). The Labute approximate surface area is 146 Å². The van der Waals surface area contributed by atoms with Crippen molar-refractivity contribution in [2.24, 2.45) is 0 Å². The molecule has 3 atom stereocenters. The zero-order valence-corrected chi connectivity index (χ0v) is 14.2. The molecule has 1 saturated carbocycles. The molecule has 2 aliphatic rings. The Morgan fingerprint density at radius 3 is 3.00 bits per heavy atom. The molecule has 1 aliphatic heterocycles. The molecule has 1 amide bonds. The number of aromatic nitrogens is 2. The summed E-state index contributed by atoms with van der Waals surface area (Å²) in [5.74, 6) is 0.764. The average Bonchev–Trinajstić information content (AvgIpc) is 3.05. The van der Waals surface area contributed by atoms with Gasteiger partial charge in [-0.2, -0.15) is 0 Å². The van der Waals surface area contributed by atoms with Crippen LogP contribution in [0.25, 0.3) is 0 Å². The number of pyridine rings is 2. The maximum Gasteiger partial charge on any atom is 0.255 e. The number of morpholine rings is 1. The second kappa shape index (κ2) is 6.80. The summed E-state index contributed by atoms with van der Waals surface area (Å²) in [4.78, 5) is 23.1. The first-order chi connectivity index (χ1) is 12.2. The summed E-state index contributed by atoms with van der Waals surface area (Å²) in [7, 11) is 0. The maximum atomic E-state index is 12.9. The molecule has 3 heterocycles. The zero-order valence-electron chi connectivity index (χ0n) is 14.2. The van der Waals surface area contributed by atoms with Gasteiger partial charge in [-0.15, -0.1) is 0 Å². The third kappa shape index (κ3) is 3.22. The summed E-state index contributed by atoms with van der Waals surface area (Å²) in [6, 6.07) is 5.68. The van der Waals surface area contributed by atoms with E-state index >= 15 is 0 Å². The van der Waals surface area contributed by atoms with E-state index in [0.717, 1.165) is 24.2 Å². The van der Waals surface area contributed by atoms with Crippen LogP contribution in [-0.4, -0.2) is 52.2 Å². The van der Waals surface area contributed by atoms with Gasteiger partial charge in [-0.05, 0) is 43.5 Å². The highest BCUT2D eigenvalue weighted by atomic mass is 16.5. The Bertz CT molecular complexity index is 753. The Kier molecular flexibility index (Phi) is 4.36. The molecular weight excluding hydrogens is 318 g/mol.